The Morgan fingerprint density at radius 3 is 2.58 bits per heavy atom. The van der Waals surface area contributed by atoms with Crippen molar-refractivity contribution >= 4 is 22.9 Å². The van der Waals surface area contributed by atoms with Gasteiger partial charge >= 0.3 is 0 Å². The van der Waals surface area contributed by atoms with Gasteiger partial charge in [-0.25, -0.2) is 0 Å². The molecule has 1 aromatic heterocycles. The molecule has 1 aromatic carbocycles. The van der Waals surface area contributed by atoms with Crippen LogP contribution in [0.2, 0.25) is 0 Å². The number of hydrogen-bond donors (Lipinski definition) is 1. The molecule has 2 N–H and O–H groups in total. The fourth-order valence-corrected chi connectivity index (χ4v) is 2.56. The quantitative estimate of drug-likeness (QED) is 0.911. The highest BCUT2D eigenvalue weighted by Crippen LogP contribution is 2.21. The van der Waals surface area contributed by atoms with Crippen molar-refractivity contribution in [3.8, 4) is 0 Å². The smallest absolute Gasteiger partial charge is 0.228 e. The summed E-state index contributed by atoms with van der Waals surface area (Å²) in [5.74, 6) is 0.0692. The van der Waals surface area contributed by atoms with Gasteiger partial charge in [0.15, 0.2) is 0 Å². The molecular formula is C15H18N2OS. The molecule has 0 aliphatic heterocycles. The van der Waals surface area contributed by atoms with Crippen molar-refractivity contribution in [3.63, 3.8) is 0 Å². The minimum absolute atomic E-state index is 0.0692. The van der Waals surface area contributed by atoms with E-state index >= 15 is 0 Å². The van der Waals surface area contributed by atoms with Crippen molar-refractivity contribution in [2.75, 3.05) is 11.4 Å². The number of anilines is 1. The Morgan fingerprint density at radius 2 is 2.00 bits per heavy atom. The van der Waals surface area contributed by atoms with Crippen molar-refractivity contribution in [2.45, 2.75) is 19.9 Å². The minimum atomic E-state index is 0.0692. The lowest BCUT2D eigenvalue weighted by Crippen LogP contribution is -2.31. The first-order valence-corrected chi connectivity index (χ1v) is 7.18. The van der Waals surface area contributed by atoms with Crippen molar-refractivity contribution < 1.29 is 4.79 Å². The Morgan fingerprint density at radius 1 is 1.26 bits per heavy atom. The number of hydrogen-bond acceptors (Lipinski definition) is 3. The highest BCUT2D eigenvalue weighted by molar-refractivity contribution is 7.09. The SMILES string of the molecule is Cc1ccc(N(Cc2cccs2)C(=O)CCN)cc1. The average molecular weight is 274 g/mol. The fourth-order valence-electron chi connectivity index (χ4n) is 1.86. The molecule has 0 radical (unpaired) electrons. The predicted molar refractivity (Wildman–Crippen MR) is 80.4 cm³/mol. The standard InChI is InChI=1S/C15H18N2OS/c1-12-4-6-13(7-5-12)17(15(18)8-9-16)11-14-3-2-10-19-14/h2-7,10H,8-9,11,16H2,1H3. The zero-order chi connectivity index (χ0) is 13.7. The van der Waals surface area contributed by atoms with Gasteiger partial charge in [-0.2, -0.15) is 0 Å². The topological polar surface area (TPSA) is 46.3 Å². The molecule has 0 unspecified atom stereocenters. The number of carbonyl (C=O) groups excluding carboxylic acids is 1. The molecule has 3 nitrogen and oxygen atoms in total. The maximum absolute atomic E-state index is 12.2. The maximum atomic E-state index is 12.2. The first-order valence-electron chi connectivity index (χ1n) is 6.30. The van der Waals surface area contributed by atoms with Crippen LogP contribution in [0.1, 0.15) is 16.9 Å². The summed E-state index contributed by atoms with van der Waals surface area (Å²) >= 11 is 1.66. The maximum Gasteiger partial charge on any atom is 0.228 e. The lowest BCUT2D eigenvalue weighted by molar-refractivity contribution is -0.118. The number of nitrogens with two attached hydrogens (primary N) is 1. The van der Waals surface area contributed by atoms with Crippen molar-refractivity contribution in [2.24, 2.45) is 5.73 Å². The highest BCUT2D eigenvalue weighted by atomic mass is 32.1. The monoisotopic (exact) mass is 274 g/mol. The van der Waals surface area contributed by atoms with Crippen LogP contribution in [0.5, 0.6) is 0 Å². The molecule has 0 aliphatic carbocycles. The summed E-state index contributed by atoms with van der Waals surface area (Å²) in [6.45, 7) is 3.03. The highest BCUT2D eigenvalue weighted by Gasteiger charge is 2.15. The van der Waals surface area contributed by atoms with E-state index < -0.39 is 0 Å². The van der Waals surface area contributed by atoms with Crippen LogP contribution in [-0.4, -0.2) is 12.5 Å². The van der Waals surface area contributed by atoms with Crippen LogP contribution in [-0.2, 0) is 11.3 Å². The number of aryl methyl sites for hydroxylation is 1. The summed E-state index contributed by atoms with van der Waals surface area (Å²) in [5, 5.41) is 2.02. The van der Waals surface area contributed by atoms with Crippen LogP contribution in [0.15, 0.2) is 41.8 Å². The van der Waals surface area contributed by atoms with E-state index in [1.165, 1.54) is 10.4 Å². The molecular weight excluding hydrogens is 256 g/mol. The van der Waals surface area contributed by atoms with Crippen LogP contribution in [0.25, 0.3) is 0 Å². The summed E-state index contributed by atoms with van der Waals surface area (Å²) in [4.78, 5) is 15.2. The van der Waals surface area contributed by atoms with E-state index in [2.05, 4.69) is 0 Å². The van der Waals surface area contributed by atoms with Gasteiger partial charge in [0.1, 0.15) is 0 Å². The van der Waals surface area contributed by atoms with E-state index in [9.17, 15) is 4.79 Å². The Bertz CT molecular complexity index is 520. The van der Waals surface area contributed by atoms with E-state index in [4.69, 9.17) is 5.73 Å². The van der Waals surface area contributed by atoms with Crippen LogP contribution >= 0.6 is 11.3 Å². The Labute approximate surface area is 117 Å². The molecule has 2 aromatic rings. The predicted octanol–water partition coefficient (Wildman–Crippen LogP) is 2.94. The van der Waals surface area contributed by atoms with Crippen LogP contribution in [0.4, 0.5) is 5.69 Å². The molecule has 0 bridgehead atoms. The summed E-state index contributed by atoms with van der Waals surface area (Å²) in [5.41, 5.74) is 7.61. The van der Waals surface area contributed by atoms with Gasteiger partial charge in [-0.1, -0.05) is 23.8 Å². The van der Waals surface area contributed by atoms with Crippen molar-refractivity contribution in [1.82, 2.24) is 0 Å². The van der Waals surface area contributed by atoms with Gasteiger partial charge in [0, 0.05) is 23.5 Å². The molecule has 1 heterocycles. The molecule has 0 fully saturated rings. The molecule has 0 atom stereocenters. The van der Waals surface area contributed by atoms with Gasteiger partial charge in [0.2, 0.25) is 5.91 Å². The third-order valence-corrected chi connectivity index (χ3v) is 3.76. The molecule has 0 saturated heterocycles. The van der Waals surface area contributed by atoms with Crippen LogP contribution in [0, 0.1) is 6.92 Å². The van der Waals surface area contributed by atoms with E-state index in [-0.39, 0.29) is 5.91 Å². The third kappa shape index (κ3) is 3.66. The van der Waals surface area contributed by atoms with Gasteiger partial charge in [0.25, 0.3) is 0 Å². The first-order chi connectivity index (χ1) is 9.20. The Balaban J connectivity index is 2.23. The lowest BCUT2D eigenvalue weighted by Gasteiger charge is -2.22. The van der Waals surface area contributed by atoms with Crippen LogP contribution in [0.3, 0.4) is 0 Å². The molecule has 2 rings (SSSR count). The van der Waals surface area contributed by atoms with E-state index in [0.717, 1.165) is 5.69 Å². The molecule has 4 heteroatoms. The minimum Gasteiger partial charge on any atom is -0.330 e. The summed E-state index contributed by atoms with van der Waals surface area (Å²) in [7, 11) is 0. The number of rotatable bonds is 5. The van der Waals surface area contributed by atoms with Gasteiger partial charge < -0.3 is 10.6 Å². The second-order valence-corrected chi connectivity index (χ2v) is 5.47. The summed E-state index contributed by atoms with van der Waals surface area (Å²) in [6.07, 6.45) is 0.374. The molecule has 1 amide bonds. The normalized spacial score (nSPS) is 10.4. The Kier molecular flexibility index (Phi) is 4.71. The number of amides is 1. The molecule has 19 heavy (non-hydrogen) atoms. The van der Waals surface area contributed by atoms with E-state index in [0.29, 0.717) is 19.5 Å². The van der Waals surface area contributed by atoms with Gasteiger partial charge in [-0.3, -0.25) is 4.79 Å². The Hall–Kier alpha value is -1.65. The summed E-state index contributed by atoms with van der Waals surface area (Å²) in [6, 6.07) is 12.1. The van der Waals surface area contributed by atoms with E-state index in [1.54, 1.807) is 16.2 Å². The molecule has 0 saturated carbocycles. The number of thiophene rings is 1. The zero-order valence-electron chi connectivity index (χ0n) is 11.0. The second-order valence-electron chi connectivity index (χ2n) is 4.43. The van der Waals surface area contributed by atoms with Gasteiger partial charge in [0.05, 0.1) is 6.54 Å². The van der Waals surface area contributed by atoms with E-state index in [1.807, 2.05) is 48.7 Å². The van der Waals surface area contributed by atoms with Gasteiger partial charge in [-0.15, -0.1) is 11.3 Å². The average Bonchev–Trinajstić information content (AvgIpc) is 2.90. The second kappa shape index (κ2) is 6.50. The van der Waals surface area contributed by atoms with Crippen LogP contribution < -0.4 is 10.6 Å². The molecule has 100 valence electrons. The lowest BCUT2D eigenvalue weighted by atomic mass is 10.2. The van der Waals surface area contributed by atoms with Gasteiger partial charge in [-0.05, 0) is 30.5 Å². The fraction of sp³-hybridized carbons (Fsp3) is 0.267. The zero-order valence-corrected chi connectivity index (χ0v) is 11.8. The number of nitrogens with zero attached hydrogens (tertiary/aromatic N) is 1. The summed E-state index contributed by atoms with van der Waals surface area (Å²) < 4.78 is 0. The third-order valence-electron chi connectivity index (χ3n) is 2.90. The molecule has 0 aliphatic rings. The van der Waals surface area contributed by atoms with Crippen molar-refractivity contribution in [1.29, 1.82) is 0 Å². The van der Waals surface area contributed by atoms with Crippen molar-refractivity contribution in [3.05, 3.63) is 52.2 Å². The number of benzene rings is 1. The number of carbonyl (C=O) groups is 1. The largest absolute Gasteiger partial charge is 0.330 e. The first kappa shape index (κ1) is 13.8. The molecule has 0 spiro atoms.